The monoisotopic (exact) mass is 345 g/mol. The van der Waals surface area contributed by atoms with Crippen LogP contribution in [0.3, 0.4) is 0 Å². The fourth-order valence-electron chi connectivity index (χ4n) is 5.15. The van der Waals surface area contributed by atoms with E-state index in [-0.39, 0.29) is 5.82 Å². The van der Waals surface area contributed by atoms with Gasteiger partial charge in [0.05, 0.1) is 12.7 Å². The van der Waals surface area contributed by atoms with Crippen molar-refractivity contribution in [1.29, 1.82) is 0 Å². The molecule has 2 aliphatic carbocycles. The molecule has 0 unspecified atom stereocenters. The number of benzene rings is 1. The van der Waals surface area contributed by atoms with Gasteiger partial charge in [-0.25, -0.2) is 4.39 Å². The van der Waals surface area contributed by atoms with Gasteiger partial charge in [0.2, 0.25) is 0 Å². The van der Waals surface area contributed by atoms with Crippen molar-refractivity contribution < 1.29 is 13.9 Å². The lowest BCUT2D eigenvalue weighted by molar-refractivity contribution is -0.0661. The predicted octanol–water partition coefficient (Wildman–Crippen LogP) is 3.98. The van der Waals surface area contributed by atoms with Crippen molar-refractivity contribution in [3.05, 3.63) is 41.7 Å². The Hall–Kier alpha value is -1.39. The number of likely N-dealkylation sites (tertiary alicyclic amines) is 1. The second-order valence-corrected chi connectivity index (χ2v) is 7.88. The number of nitrogens with zero attached hydrogens (tertiary/aromatic N) is 1. The molecule has 3 nitrogen and oxygen atoms in total. The van der Waals surface area contributed by atoms with Gasteiger partial charge in [0.15, 0.2) is 0 Å². The second kappa shape index (κ2) is 6.73. The van der Waals surface area contributed by atoms with Crippen LogP contribution in [0, 0.1) is 23.6 Å². The number of piperidine rings is 1. The van der Waals surface area contributed by atoms with Crippen molar-refractivity contribution in [3.8, 4) is 5.75 Å². The standard InChI is InChI=1S/C21H28FNO2/c1-24-20-6-5-18(22)13-19(20)21(25-2)7-9-23(10-8-21)14-17-12-15-3-4-16(17)11-15/h3-6,13,15-17H,7-12,14H2,1-2H3/t15-,16-,17-/m0/s1. The van der Waals surface area contributed by atoms with Crippen molar-refractivity contribution >= 4 is 0 Å². The number of rotatable bonds is 5. The fraction of sp³-hybridized carbons (Fsp3) is 0.619. The van der Waals surface area contributed by atoms with Crippen LogP contribution >= 0.6 is 0 Å². The van der Waals surface area contributed by atoms with E-state index in [1.165, 1.54) is 25.5 Å². The minimum atomic E-state index is -0.446. The summed E-state index contributed by atoms with van der Waals surface area (Å²) in [7, 11) is 3.37. The van der Waals surface area contributed by atoms with Gasteiger partial charge in [-0.15, -0.1) is 0 Å². The number of hydrogen-bond donors (Lipinski definition) is 0. The van der Waals surface area contributed by atoms with Gasteiger partial charge in [-0.3, -0.25) is 0 Å². The van der Waals surface area contributed by atoms with E-state index < -0.39 is 5.60 Å². The third-order valence-corrected chi connectivity index (χ3v) is 6.62. The molecule has 3 aliphatic rings. The molecule has 1 saturated carbocycles. The molecule has 1 aromatic rings. The fourth-order valence-corrected chi connectivity index (χ4v) is 5.15. The SMILES string of the molecule is COc1ccc(F)cc1C1(OC)CCN(C[C@@H]2C[C@H]3C=C[C@H]2C3)CC1. The van der Waals surface area contributed by atoms with Crippen LogP contribution in [0.2, 0.25) is 0 Å². The van der Waals surface area contributed by atoms with Crippen LogP contribution in [-0.2, 0) is 10.3 Å². The Balaban J connectivity index is 1.45. The molecule has 0 aromatic heterocycles. The van der Waals surface area contributed by atoms with E-state index in [4.69, 9.17) is 9.47 Å². The summed E-state index contributed by atoms with van der Waals surface area (Å²) in [6, 6.07) is 4.74. The first-order chi connectivity index (χ1) is 12.1. The maximum Gasteiger partial charge on any atom is 0.125 e. The highest BCUT2D eigenvalue weighted by atomic mass is 19.1. The van der Waals surface area contributed by atoms with Gasteiger partial charge in [0.25, 0.3) is 0 Å². The lowest BCUT2D eigenvalue weighted by Gasteiger charge is -2.42. The van der Waals surface area contributed by atoms with E-state index in [9.17, 15) is 4.39 Å². The normalized spacial score (nSPS) is 30.8. The third kappa shape index (κ3) is 3.11. The van der Waals surface area contributed by atoms with Gasteiger partial charge in [-0.1, -0.05) is 12.2 Å². The Morgan fingerprint density at radius 3 is 2.56 bits per heavy atom. The molecule has 136 valence electrons. The summed E-state index contributed by atoms with van der Waals surface area (Å²) >= 11 is 0. The van der Waals surface area contributed by atoms with Gasteiger partial charge in [0, 0.05) is 32.3 Å². The molecule has 1 aliphatic heterocycles. The average molecular weight is 345 g/mol. The molecule has 2 fully saturated rings. The molecular weight excluding hydrogens is 317 g/mol. The first kappa shape index (κ1) is 17.0. The van der Waals surface area contributed by atoms with Crippen LogP contribution in [0.5, 0.6) is 5.75 Å². The van der Waals surface area contributed by atoms with Crippen LogP contribution < -0.4 is 4.74 Å². The van der Waals surface area contributed by atoms with Crippen LogP contribution in [-0.4, -0.2) is 38.8 Å². The van der Waals surface area contributed by atoms with Crippen molar-refractivity contribution in [1.82, 2.24) is 4.90 Å². The Morgan fingerprint density at radius 1 is 1.16 bits per heavy atom. The summed E-state index contributed by atoms with van der Waals surface area (Å²) in [5.41, 5.74) is 0.401. The molecular formula is C21H28FNO2. The number of allylic oxidation sites excluding steroid dienone is 2. The zero-order valence-electron chi connectivity index (χ0n) is 15.2. The van der Waals surface area contributed by atoms with E-state index in [0.717, 1.165) is 55.0 Å². The first-order valence-electron chi connectivity index (χ1n) is 9.43. The van der Waals surface area contributed by atoms with Gasteiger partial charge < -0.3 is 14.4 Å². The Labute approximate surface area is 149 Å². The number of methoxy groups -OCH3 is 2. The van der Waals surface area contributed by atoms with E-state index in [1.54, 1.807) is 26.4 Å². The highest BCUT2D eigenvalue weighted by molar-refractivity contribution is 5.39. The molecule has 1 saturated heterocycles. The average Bonchev–Trinajstić information content (AvgIpc) is 3.26. The highest BCUT2D eigenvalue weighted by Gasteiger charge is 2.41. The maximum absolute atomic E-state index is 13.9. The largest absolute Gasteiger partial charge is 0.496 e. The van der Waals surface area contributed by atoms with Gasteiger partial charge in [-0.2, -0.15) is 0 Å². The summed E-state index contributed by atoms with van der Waals surface area (Å²) in [6.45, 7) is 3.17. The number of fused-ring (bicyclic) bond motifs is 2. The molecule has 4 rings (SSSR count). The van der Waals surface area contributed by atoms with Crippen LogP contribution in [0.15, 0.2) is 30.4 Å². The minimum Gasteiger partial charge on any atom is -0.496 e. The van der Waals surface area contributed by atoms with Crippen molar-refractivity contribution in [3.63, 3.8) is 0 Å². The minimum absolute atomic E-state index is 0.233. The number of hydrogen-bond acceptors (Lipinski definition) is 3. The zero-order valence-corrected chi connectivity index (χ0v) is 15.2. The Morgan fingerprint density at radius 2 is 1.96 bits per heavy atom. The lowest BCUT2D eigenvalue weighted by atomic mass is 9.82. The van der Waals surface area contributed by atoms with Crippen molar-refractivity contribution in [2.75, 3.05) is 33.9 Å². The van der Waals surface area contributed by atoms with Gasteiger partial charge in [0.1, 0.15) is 11.6 Å². The molecule has 25 heavy (non-hydrogen) atoms. The number of halogens is 1. The van der Waals surface area contributed by atoms with E-state index in [0.29, 0.717) is 0 Å². The van der Waals surface area contributed by atoms with Crippen LogP contribution in [0.1, 0.15) is 31.2 Å². The topological polar surface area (TPSA) is 21.7 Å². The van der Waals surface area contributed by atoms with E-state index in [1.807, 2.05) is 0 Å². The molecule has 0 amide bonds. The summed E-state index contributed by atoms with van der Waals surface area (Å²) in [4.78, 5) is 2.57. The molecule has 2 bridgehead atoms. The summed E-state index contributed by atoms with van der Waals surface area (Å²) in [6.07, 6.45) is 9.30. The second-order valence-electron chi connectivity index (χ2n) is 7.88. The van der Waals surface area contributed by atoms with Crippen LogP contribution in [0.25, 0.3) is 0 Å². The molecule has 1 heterocycles. The van der Waals surface area contributed by atoms with Crippen LogP contribution in [0.4, 0.5) is 4.39 Å². The van der Waals surface area contributed by atoms with Crippen molar-refractivity contribution in [2.24, 2.45) is 17.8 Å². The number of ether oxygens (including phenoxy) is 2. The molecule has 1 aromatic carbocycles. The zero-order chi connectivity index (χ0) is 17.4. The molecule has 0 radical (unpaired) electrons. The predicted molar refractivity (Wildman–Crippen MR) is 96.2 cm³/mol. The maximum atomic E-state index is 13.9. The van der Waals surface area contributed by atoms with E-state index in [2.05, 4.69) is 17.1 Å². The summed E-state index contributed by atoms with van der Waals surface area (Å²) in [5, 5.41) is 0. The molecule has 0 spiro atoms. The lowest BCUT2D eigenvalue weighted by Crippen LogP contribution is -2.45. The quantitative estimate of drug-likeness (QED) is 0.754. The Bertz CT molecular complexity index is 651. The molecule has 4 heteroatoms. The Kier molecular flexibility index (Phi) is 4.59. The van der Waals surface area contributed by atoms with Gasteiger partial charge >= 0.3 is 0 Å². The highest BCUT2D eigenvalue weighted by Crippen LogP contribution is 2.45. The van der Waals surface area contributed by atoms with Crippen molar-refractivity contribution in [2.45, 2.75) is 31.3 Å². The first-order valence-corrected chi connectivity index (χ1v) is 9.43. The smallest absolute Gasteiger partial charge is 0.125 e. The summed E-state index contributed by atoms with van der Waals surface area (Å²) in [5.74, 6) is 2.92. The van der Waals surface area contributed by atoms with Gasteiger partial charge in [-0.05, 0) is 61.6 Å². The molecule has 3 atom stereocenters. The van der Waals surface area contributed by atoms with E-state index >= 15 is 0 Å². The summed E-state index contributed by atoms with van der Waals surface area (Å²) < 4.78 is 25.3. The third-order valence-electron chi connectivity index (χ3n) is 6.62. The molecule has 0 N–H and O–H groups in total.